The van der Waals surface area contributed by atoms with Gasteiger partial charge in [-0.1, -0.05) is 18.2 Å². The maximum atomic E-state index is 13.7. The zero-order valence-electron chi connectivity index (χ0n) is 10.6. The second-order valence-corrected chi connectivity index (χ2v) is 5.23. The number of nitrogens with one attached hydrogen (secondary N) is 1. The lowest BCUT2D eigenvalue weighted by atomic mass is 10.1. The molecule has 4 nitrogen and oxygen atoms in total. The Balaban J connectivity index is 1.75. The number of amides is 1. The predicted octanol–water partition coefficient (Wildman–Crippen LogP) is 0.772. The smallest absolute Gasteiger partial charge is 0.227 e. The summed E-state index contributed by atoms with van der Waals surface area (Å²) in [6.07, 6.45) is 0. The third kappa shape index (κ3) is 2.77. The number of benzene rings is 1. The van der Waals surface area contributed by atoms with E-state index in [1.807, 2.05) is 6.07 Å². The van der Waals surface area contributed by atoms with Crippen LogP contribution in [0.5, 0.6) is 0 Å². The molecule has 2 heterocycles. The lowest BCUT2D eigenvalue weighted by molar-refractivity contribution is -0.125. The summed E-state index contributed by atoms with van der Waals surface area (Å²) in [5.41, 5.74) is 0.677. The van der Waals surface area contributed by atoms with Crippen molar-refractivity contribution in [3.8, 4) is 0 Å². The topological polar surface area (TPSA) is 41.6 Å². The van der Waals surface area contributed by atoms with Gasteiger partial charge in [0.25, 0.3) is 0 Å². The first-order chi connectivity index (χ1) is 9.22. The van der Waals surface area contributed by atoms with Gasteiger partial charge in [0.05, 0.1) is 25.2 Å². The minimum atomic E-state index is -0.188. The highest BCUT2D eigenvalue weighted by Crippen LogP contribution is 2.17. The van der Waals surface area contributed by atoms with Crippen molar-refractivity contribution in [2.45, 2.75) is 12.6 Å². The van der Waals surface area contributed by atoms with E-state index < -0.39 is 0 Å². The van der Waals surface area contributed by atoms with E-state index >= 15 is 0 Å². The van der Waals surface area contributed by atoms with Crippen LogP contribution in [-0.4, -0.2) is 43.2 Å². The average Bonchev–Trinajstić information content (AvgIpc) is 2.61. The van der Waals surface area contributed by atoms with Crippen molar-refractivity contribution in [2.75, 3.05) is 26.3 Å². The van der Waals surface area contributed by atoms with Gasteiger partial charge in [-0.05, 0) is 6.07 Å². The first-order valence-corrected chi connectivity index (χ1v) is 6.56. The normalized spacial score (nSPS) is 27.7. The van der Waals surface area contributed by atoms with Gasteiger partial charge in [0.1, 0.15) is 5.82 Å². The van der Waals surface area contributed by atoms with Crippen LogP contribution in [0.2, 0.25) is 0 Å². The number of carbonyl (C=O) groups excluding carboxylic acids is 1. The molecule has 0 spiro atoms. The van der Waals surface area contributed by atoms with Crippen LogP contribution in [-0.2, 0) is 16.1 Å². The van der Waals surface area contributed by atoms with Gasteiger partial charge < -0.3 is 10.1 Å². The van der Waals surface area contributed by atoms with Crippen LogP contribution >= 0.6 is 0 Å². The summed E-state index contributed by atoms with van der Waals surface area (Å²) in [6, 6.07) is 6.80. The lowest BCUT2D eigenvalue weighted by Crippen LogP contribution is -2.41. The summed E-state index contributed by atoms with van der Waals surface area (Å²) in [5.74, 6) is -0.287. The van der Waals surface area contributed by atoms with Gasteiger partial charge in [-0.3, -0.25) is 9.69 Å². The molecule has 0 radical (unpaired) electrons. The fourth-order valence-corrected chi connectivity index (χ4v) is 2.72. The Bertz CT molecular complexity index is 480. The SMILES string of the molecule is O=C1N[C@@H]2COC[C@H]1CN(Cc1ccccc1F)C2. The van der Waals surface area contributed by atoms with Crippen LogP contribution in [0.15, 0.2) is 24.3 Å². The van der Waals surface area contributed by atoms with E-state index in [0.717, 1.165) is 0 Å². The van der Waals surface area contributed by atoms with Crippen LogP contribution in [0.4, 0.5) is 4.39 Å². The molecule has 3 rings (SSSR count). The van der Waals surface area contributed by atoms with E-state index in [9.17, 15) is 9.18 Å². The highest BCUT2D eigenvalue weighted by Gasteiger charge is 2.33. The van der Waals surface area contributed by atoms with E-state index in [0.29, 0.717) is 38.4 Å². The molecule has 5 heteroatoms. The Kier molecular flexibility index (Phi) is 3.48. The van der Waals surface area contributed by atoms with Crippen molar-refractivity contribution in [2.24, 2.45) is 5.92 Å². The van der Waals surface area contributed by atoms with Gasteiger partial charge in [0.15, 0.2) is 0 Å². The van der Waals surface area contributed by atoms with Crippen LogP contribution in [0.3, 0.4) is 0 Å². The minimum absolute atomic E-state index is 0.00627. The Labute approximate surface area is 111 Å². The molecule has 1 aromatic rings. The number of fused-ring (bicyclic) bond motifs is 3. The predicted molar refractivity (Wildman–Crippen MR) is 67.9 cm³/mol. The summed E-state index contributed by atoms with van der Waals surface area (Å²) in [7, 11) is 0. The van der Waals surface area contributed by atoms with Crippen LogP contribution in [0.25, 0.3) is 0 Å². The number of carbonyl (C=O) groups is 1. The molecule has 0 aliphatic carbocycles. The highest BCUT2D eigenvalue weighted by molar-refractivity contribution is 5.79. The average molecular weight is 264 g/mol. The Morgan fingerprint density at radius 1 is 1.32 bits per heavy atom. The van der Waals surface area contributed by atoms with Gasteiger partial charge in [-0.2, -0.15) is 0 Å². The second kappa shape index (κ2) is 5.27. The van der Waals surface area contributed by atoms with Crippen molar-refractivity contribution in [3.05, 3.63) is 35.6 Å². The van der Waals surface area contributed by atoms with Gasteiger partial charge in [-0.15, -0.1) is 0 Å². The minimum Gasteiger partial charge on any atom is -0.378 e. The summed E-state index contributed by atoms with van der Waals surface area (Å²) < 4.78 is 19.1. The highest BCUT2D eigenvalue weighted by atomic mass is 19.1. The first kappa shape index (κ1) is 12.6. The van der Waals surface area contributed by atoms with E-state index in [1.165, 1.54) is 6.07 Å². The molecule has 2 fully saturated rings. The standard InChI is InChI=1S/C14H17FN2O2/c15-13-4-2-1-3-10(13)5-17-6-11-8-19-9-12(7-17)16-14(11)18/h1-4,11-12H,5-9H2,(H,16,18)/t11-,12+/m1/s1. The van der Waals surface area contributed by atoms with Crippen LogP contribution < -0.4 is 5.32 Å². The zero-order valence-corrected chi connectivity index (χ0v) is 10.6. The number of rotatable bonds is 2. The van der Waals surface area contributed by atoms with Crippen molar-refractivity contribution in [1.82, 2.24) is 10.2 Å². The van der Waals surface area contributed by atoms with Crippen LogP contribution in [0, 0.1) is 11.7 Å². The summed E-state index contributed by atoms with van der Waals surface area (Å²) in [5, 5.41) is 2.97. The van der Waals surface area contributed by atoms with E-state index in [4.69, 9.17) is 4.74 Å². The van der Waals surface area contributed by atoms with E-state index in [-0.39, 0.29) is 23.7 Å². The Morgan fingerprint density at radius 2 is 2.16 bits per heavy atom. The quantitative estimate of drug-likeness (QED) is 0.858. The van der Waals surface area contributed by atoms with Crippen molar-refractivity contribution < 1.29 is 13.9 Å². The maximum absolute atomic E-state index is 13.7. The molecule has 1 N–H and O–H groups in total. The Hall–Kier alpha value is -1.46. The number of hydrogen-bond acceptors (Lipinski definition) is 3. The van der Waals surface area contributed by atoms with E-state index in [1.54, 1.807) is 12.1 Å². The summed E-state index contributed by atoms with van der Waals surface area (Å²) in [4.78, 5) is 14.0. The van der Waals surface area contributed by atoms with Gasteiger partial charge in [0.2, 0.25) is 5.91 Å². The number of halogens is 1. The van der Waals surface area contributed by atoms with Crippen molar-refractivity contribution >= 4 is 5.91 Å². The molecule has 19 heavy (non-hydrogen) atoms. The third-order valence-corrected chi connectivity index (χ3v) is 3.66. The molecule has 2 bridgehead atoms. The molecule has 2 atom stereocenters. The molecule has 0 saturated carbocycles. The monoisotopic (exact) mass is 264 g/mol. The van der Waals surface area contributed by atoms with E-state index in [2.05, 4.69) is 10.2 Å². The molecular formula is C14H17FN2O2. The van der Waals surface area contributed by atoms with Crippen LogP contribution in [0.1, 0.15) is 5.56 Å². The molecular weight excluding hydrogens is 247 g/mol. The lowest BCUT2D eigenvalue weighted by Gasteiger charge is -2.27. The summed E-state index contributed by atoms with van der Waals surface area (Å²) >= 11 is 0. The van der Waals surface area contributed by atoms with Gasteiger partial charge in [-0.25, -0.2) is 4.39 Å². The molecule has 2 saturated heterocycles. The largest absolute Gasteiger partial charge is 0.378 e. The third-order valence-electron chi connectivity index (χ3n) is 3.66. The molecule has 1 aromatic carbocycles. The number of nitrogens with zero attached hydrogens (tertiary/aromatic N) is 1. The summed E-state index contributed by atoms with van der Waals surface area (Å²) in [6.45, 7) is 2.86. The number of hydrogen-bond donors (Lipinski definition) is 1. The molecule has 1 amide bonds. The maximum Gasteiger partial charge on any atom is 0.227 e. The number of ether oxygens (including phenoxy) is 1. The second-order valence-electron chi connectivity index (χ2n) is 5.23. The first-order valence-electron chi connectivity index (χ1n) is 6.56. The van der Waals surface area contributed by atoms with Crippen molar-refractivity contribution in [3.63, 3.8) is 0 Å². The molecule has 0 unspecified atom stereocenters. The zero-order chi connectivity index (χ0) is 13.2. The molecule has 2 aliphatic heterocycles. The molecule has 2 aliphatic rings. The molecule has 102 valence electrons. The fourth-order valence-electron chi connectivity index (χ4n) is 2.72. The van der Waals surface area contributed by atoms with Crippen molar-refractivity contribution in [1.29, 1.82) is 0 Å². The fraction of sp³-hybridized carbons (Fsp3) is 0.500. The van der Waals surface area contributed by atoms with Gasteiger partial charge in [0, 0.05) is 25.2 Å². The van der Waals surface area contributed by atoms with Gasteiger partial charge >= 0.3 is 0 Å². The Morgan fingerprint density at radius 3 is 3.00 bits per heavy atom. The molecule has 0 aromatic heterocycles.